The third-order valence-electron chi connectivity index (χ3n) is 5.63. The van der Waals surface area contributed by atoms with Crippen molar-refractivity contribution < 1.29 is 18.7 Å². The Kier molecular flexibility index (Phi) is 5.88. The molecule has 0 fully saturated rings. The minimum atomic E-state index is -0.250. The third-order valence-corrected chi connectivity index (χ3v) is 5.63. The van der Waals surface area contributed by atoms with Crippen LogP contribution in [0, 0.1) is 0 Å². The molecule has 0 spiro atoms. The Morgan fingerprint density at radius 2 is 1.57 bits per heavy atom. The van der Waals surface area contributed by atoms with E-state index in [1.54, 1.807) is 45.6 Å². The van der Waals surface area contributed by atoms with Gasteiger partial charge in [0.2, 0.25) is 11.7 Å². The van der Waals surface area contributed by atoms with Gasteiger partial charge < -0.3 is 18.7 Å². The van der Waals surface area contributed by atoms with E-state index in [9.17, 15) is 4.79 Å². The van der Waals surface area contributed by atoms with Crippen molar-refractivity contribution in [1.82, 2.24) is 19.9 Å². The molecule has 9 nitrogen and oxygen atoms in total. The van der Waals surface area contributed by atoms with Crippen LogP contribution in [0.15, 0.2) is 76.0 Å². The number of fused-ring (bicyclic) bond motifs is 1. The second-order valence-corrected chi connectivity index (χ2v) is 7.66. The molecule has 35 heavy (non-hydrogen) atoms. The standard InChI is InChI=1S/C26H22N4O5/c1-32-17-10-8-16(9-11-17)24-19-6-4-5-7-20(19)26(31)30(28-24)15-23-27-25(29-35-23)21-13-12-18(33-2)14-22(21)34-3/h4-14H,15H2,1-3H3. The number of aromatic nitrogens is 4. The number of ether oxygens (including phenoxy) is 3. The van der Waals surface area contributed by atoms with Crippen molar-refractivity contribution in [3.8, 4) is 39.9 Å². The zero-order valence-corrected chi connectivity index (χ0v) is 19.4. The average Bonchev–Trinajstić information content (AvgIpc) is 3.38. The molecule has 0 atom stereocenters. The molecule has 0 amide bonds. The number of rotatable bonds is 7. The van der Waals surface area contributed by atoms with E-state index in [2.05, 4.69) is 15.2 Å². The summed E-state index contributed by atoms with van der Waals surface area (Å²) in [7, 11) is 4.75. The largest absolute Gasteiger partial charge is 0.497 e. The number of methoxy groups -OCH3 is 3. The van der Waals surface area contributed by atoms with Crippen LogP contribution in [0.4, 0.5) is 0 Å². The molecule has 0 aliphatic carbocycles. The first kappa shape index (κ1) is 22.1. The maximum atomic E-state index is 13.2. The normalized spacial score (nSPS) is 10.9. The fraction of sp³-hybridized carbons (Fsp3) is 0.154. The summed E-state index contributed by atoms with van der Waals surface area (Å²) in [6.07, 6.45) is 0. The predicted octanol–water partition coefficient (Wildman–Crippen LogP) is 4.19. The summed E-state index contributed by atoms with van der Waals surface area (Å²) in [5, 5.41) is 10.0. The van der Waals surface area contributed by atoms with Gasteiger partial charge in [-0.25, -0.2) is 4.68 Å². The van der Waals surface area contributed by atoms with Crippen LogP contribution in [0.25, 0.3) is 33.4 Å². The molecule has 3 aromatic carbocycles. The molecular weight excluding hydrogens is 448 g/mol. The fourth-order valence-electron chi connectivity index (χ4n) is 3.84. The summed E-state index contributed by atoms with van der Waals surface area (Å²) < 4.78 is 22.7. The number of hydrogen-bond donors (Lipinski definition) is 0. The lowest BCUT2D eigenvalue weighted by Crippen LogP contribution is -2.24. The van der Waals surface area contributed by atoms with E-state index in [-0.39, 0.29) is 18.0 Å². The zero-order valence-electron chi connectivity index (χ0n) is 19.4. The first-order chi connectivity index (χ1) is 17.1. The molecule has 0 unspecified atom stereocenters. The number of nitrogens with zero attached hydrogens (tertiary/aromatic N) is 4. The van der Waals surface area contributed by atoms with Gasteiger partial charge in [-0.15, -0.1) is 0 Å². The highest BCUT2D eigenvalue weighted by Crippen LogP contribution is 2.32. The van der Waals surface area contributed by atoms with E-state index in [1.807, 2.05) is 42.5 Å². The minimum absolute atomic E-state index is 0.0122. The van der Waals surface area contributed by atoms with E-state index in [0.29, 0.717) is 34.0 Å². The molecular formula is C26H22N4O5. The minimum Gasteiger partial charge on any atom is -0.497 e. The molecule has 0 radical (unpaired) electrons. The molecule has 0 saturated heterocycles. The monoisotopic (exact) mass is 470 g/mol. The maximum Gasteiger partial charge on any atom is 0.275 e. The highest BCUT2D eigenvalue weighted by atomic mass is 16.5. The SMILES string of the molecule is COc1ccc(-c2nn(Cc3nc(-c4ccc(OC)cc4OC)no3)c(=O)c3ccccc23)cc1. The Bertz CT molecular complexity index is 1560. The van der Waals surface area contributed by atoms with Crippen LogP contribution in [0.1, 0.15) is 5.89 Å². The number of hydrogen-bond acceptors (Lipinski definition) is 8. The Morgan fingerprint density at radius 1 is 0.857 bits per heavy atom. The van der Waals surface area contributed by atoms with Crippen molar-refractivity contribution in [2.75, 3.05) is 21.3 Å². The van der Waals surface area contributed by atoms with E-state index >= 15 is 0 Å². The lowest BCUT2D eigenvalue weighted by molar-refractivity contribution is 0.363. The Hall–Kier alpha value is -4.66. The Balaban J connectivity index is 1.55. The van der Waals surface area contributed by atoms with Gasteiger partial charge in [0.05, 0.1) is 38.0 Å². The van der Waals surface area contributed by atoms with Crippen LogP contribution < -0.4 is 19.8 Å². The van der Waals surface area contributed by atoms with E-state index in [4.69, 9.17) is 18.7 Å². The Labute approximate surface area is 200 Å². The van der Waals surface area contributed by atoms with Crippen molar-refractivity contribution in [2.45, 2.75) is 6.54 Å². The molecule has 5 rings (SSSR count). The number of benzene rings is 3. The van der Waals surface area contributed by atoms with Gasteiger partial charge in [0, 0.05) is 17.0 Å². The van der Waals surface area contributed by atoms with E-state index in [1.165, 1.54) is 4.68 Å². The van der Waals surface area contributed by atoms with E-state index < -0.39 is 0 Å². The van der Waals surface area contributed by atoms with Crippen LogP contribution in [-0.2, 0) is 6.54 Å². The van der Waals surface area contributed by atoms with Crippen molar-refractivity contribution in [1.29, 1.82) is 0 Å². The zero-order chi connectivity index (χ0) is 24.4. The first-order valence-corrected chi connectivity index (χ1v) is 10.8. The predicted molar refractivity (Wildman–Crippen MR) is 130 cm³/mol. The van der Waals surface area contributed by atoms with Crippen molar-refractivity contribution >= 4 is 10.8 Å². The molecule has 176 valence electrons. The van der Waals surface area contributed by atoms with Gasteiger partial charge in [-0.2, -0.15) is 10.1 Å². The first-order valence-electron chi connectivity index (χ1n) is 10.8. The average molecular weight is 470 g/mol. The second kappa shape index (κ2) is 9.30. The molecule has 0 aliphatic rings. The molecule has 2 aromatic heterocycles. The van der Waals surface area contributed by atoms with Crippen molar-refractivity contribution in [3.63, 3.8) is 0 Å². The van der Waals surface area contributed by atoms with Gasteiger partial charge in [-0.3, -0.25) is 4.79 Å². The van der Waals surface area contributed by atoms with Gasteiger partial charge in [0.25, 0.3) is 5.56 Å². The van der Waals surface area contributed by atoms with Gasteiger partial charge in [0.15, 0.2) is 0 Å². The summed E-state index contributed by atoms with van der Waals surface area (Å²) in [5.74, 6) is 2.50. The molecule has 0 aliphatic heterocycles. The second-order valence-electron chi connectivity index (χ2n) is 7.66. The molecule has 5 aromatic rings. The highest BCUT2D eigenvalue weighted by molar-refractivity contribution is 5.93. The van der Waals surface area contributed by atoms with Crippen LogP contribution in [0.2, 0.25) is 0 Å². The summed E-state index contributed by atoms with van der Waals surface area (Å²) >= 11 is 0. The highest BCUT2D eigenvalue weighted by Gasteiger charge is 2.17. The summed E-state index contributed by atoms with van der Waals surface area (Å²) in [4.78, 5) is 17.7. The maximum absolute atomic E-state index is 13.2. The summed E-state index contributed by atoms with van der Waals surface area (Å²) in [5.41, 5.74) is 1.91. The van der Waals surface area contributed by atoms with Crippen LogP contribution in [0.5, 0.6) is 17.2 Å². The Morgan fingerprint density at radius 3 is 2.29 bits per heavy atom. The van der Waals surface area contributed by atoms with Crippen LogP contribution >= 0.6 is 0 Å². The quantitative estimate of drug-likeness (QED) is 0.349. The van der Waals surface area contributed by atoms with Gasteiger partial charge in [-0.05, 0) is 42.5 Å². The van der Waals surface area contributed by atoms with Gasteiger partial charge in [-0.1, -0.05) is 23.4 Å². The lowest BCUT2D eigenvalue weighted by atomic mass is 10.0. The topological polar surface area (TPSA) is 102 Å². The van der Waals surface area contributed by atoms with Gasteiger partial charge >= 0.3 is 0 Å². The molecule has 0 bridgehead atoms. The smallest absolute Gasteiger partial charge is 0.275 e. The lowest BCUT2D eigenvalue weighted by Gasteiger charge is -2.10. The molecule has 9 heteroatoms. The van der Waals surface area contributed by atoms with Crippen molar-refractivity contribution in [3.05, 3.63) is 83.0 Å². The van der Waals surface area contributed by atoms with Gasteiger partial charge in [0.1, 0.15) is 23.8 Å². The van der Waals surface area contributed by atoms with Crippen LogP contribution in [-0.4, -0.2) is 41.3 Å². The molecule has 0 saturated carbocycles. The van der Waals surface area contributed by atoms with E-state index in [0.717, 1.165) is 16.7 Å². The summed E-state index contributed by atoms with van der Waals surface area (Å²) in [6, 6.07) is 20.2. The van der Waals surface area contributed by atoms with Crippen molar-refractivity contribution in [2.24, 2.45) is 0 Å². The van der Waals surface area contributed by atoms with Crippen LogP contribution in [0.3, 0.4) is 0 Å². The third kappa shape index (κ3) is 4.19. The fourth-order valence-corrected chi connectivity index (χ4v) is 3.84. The summed E-state index contributed by atoms with van der Waals surface area (Å²) in [6.45, 7) is 0.0122. The molecule has 0 N–H and O–H groups in total. The molecule has 2 heterocycles.